The molecule has 0 unspecified atom stereocenters. The van der Waals surface area contributed by atoms with E-state index in [1.165, 1.54) is 44.9 Å². The van der Waals surface area contributed by atoms with Crippen molar-refractivity contribution in [1.82, 2.24) is 0 Å². The Morgan fingerprint density at radius 2 is 1.53 bits per heavy atom. The molecule has 1 saturated carbocycles. The summed E-state index contributed by atoms with van der Waals surface area (Å²) in [6, 6.07) is 4.98. The molecule has 2 fully saturated rings. The van der Waals surface area contributed by atoms with Crippen LogP contribution in [0.25, 0.3) is 0 Å². The minimum Gasteiger partial charge on any atom is -0.381 e. The van der Waals surface area contributed by atoms with Crippen molar-refractivity contribution in [2.24, 2.45) is 11.8 Å². The topological polar surface area (TPSA) is 9.23 Å². The van der Waals surface area contributed by atoms with Crippen LogP contribution in [0.4, 0.5) is 0 Å². The molecule has 0 N–H and O–H groups in total. The first-order valence-electron chi connectivity index (χ1n) is 8.86. The highest BCUT2D eigenvalue weighted by molar-refractivity contribution is 6.58. The van der Waals surface area contributed by atoms with Crippen molar-refractivity contribution in [2.75, 3.05) is 7.11 Å². The molecule has 1 aliphatic carbocycles. The highest BCUT2D eigenvalue weighted by Crippen LogP contribution is 2.40. The molecule has 0 spiro atoms. The maximum atomic E-state index is 5.51. The normalized spacial score (nSPS) is 36.3. The predicted octanol–water partition coefficient (Wildman–Crippen LogP) is 5.02. The van der Waals surface area contributed by atoms with E-state index in [4.69, 9.17) is 4.74 Å². The molecule has 2 heteroatoms. The van der Waals surface area contributed by atoms with Crippen LogP contribution in [0.5, 0.6) is 0 Å². The maximum Gasteiger partial charge on any atom is 0.0571 e. The van der Waals surface area contributed by atoms with Gasteiger partial charge in [-0.1, -0.05) is 57.2 Å². The average Bonchev–Trinajstić information content (AvgIpc) is 2.48. The van der Waals surface area contributed by atoms with E-state index >= 15 is 0 Å². The van der Waals surface area contributed by atoms with Crippen molar-refractivity contribution in [3.63, 3.8) is 0 Å². The molecular weight excluding hydrogens is 248 g/mol. The van der Waals surface area contributed by atoms with Crippen LogP contribution in [-0.4, -0.2) is 22.0 Å². The zero-order chi connectivity index (χ0) is 13.5. The first-order chi connectivity index (χ1) is 9.33. The van der Waals surface area contributed by atoms with Crippen molar-refractivity contribution in [2.45, 2.75) is 88.9 Å². The van der Waals surface area contributed by atoms with E-state index in [1.54, 1.807) is 31.0 Å². The molecule has 112 valence electrons. The fourth-order valence-corrected chi connectivity index (χ4v) is 7.96. The van der Waals surface area contributed by atoms with E-state index in [2.05, 4.69) is 6.92 Å². The Bertz CT molecular complexity index is 227. The van der Waals surface area contributed by atoms with Gasteiger partial charge in [0.25, 0.3) is 0 Å². The molecule has 0 bridgehead atoms. The third-order valence-corrected chi connectivity index (χ3v) is 9.35. The molecule has 0 aromatic rings. The SMILES string of the molecule is CCCCC[SiH]1CCC(C2CCC(OC)CC2)CC1. The van der Waals surface area contributed by atoms with Gasteiger partial charge in [-0.25, -0.2) is 0 Å². The lowest BCUT2D eigenvalue weighted by Gasteiger charge is -2.37. The van der Waals surface area contributed by atoms with E-state index < -0.39 is 0 Å². The standard InChI is InChI=1S/C17H34OSi/c1-3-4-5-12-19-13-10-16(11-14-19)15-6-8-17(18-2)9-7-15/h15-17,19H,3-14H2,1-2H3. The molecule has 0 aromatic heterocycles. The van der Waals surface area contributed by atoms with Crippen LogP contribution >= 0.6 is 0 Å². The summed E-state index contributed by atoms with van der Waals surface area (Å²) in [7, 11) is 1.59. The monoisotopic (exact) mass is 282 g/mol. The summed E-state index contributed by atoms with van der Waals surface area (Å²) in [5, 5.41) is 0. The van der Waals surface area contributed by atoms with Crippen LogP contribution in [-0.2, 0) is 4.74 Å². The average molecular weight is 283 g/mol. The Morgan fingerprint density at radius 1 is 0.895 bits per heavy atom. The van der Waals surface area contributed by atoms with E-state index in [0.717, 1.165) is 11.8 Å². The van der Waals surface area contributed by atoms with E-state index in [0.29, 0.717) is 6.10 Å². The number of rotatable bonds is 6. The summed E-state index contributed by atoms with van der Waals surface area (Å²) >= 11 is 0. The van der Waals surface area contributed by atoms with Gasteiger partial charge < -0.3 is 4.74 Å². The highest BCUT2D eigenvalue weighted by atomic mass is 28.3. The third kappa shape index (κ3) is 4.89. The van der Waals surface area contributed by atoms with Gasteiger partial charge in [0.05, 0.1) is 6.10 Å². The third-order valence-electron chi connectivity index (χ3n) is 5.83. The molecule has 2 aliphatic rings. The van der Waals surface area contributed by atoms with Crippen LogP contribution in [0.15, 0.2) is 0 Å². The lowest BCUT2D eigenvalue weighted by atomic mass is 9.76. The summed E-state index contributed by atoms with van der Waals surface area (Å²) in [6.07, 6.45) is 13.7. The Kier molecular flexibility index (Phi) is 6.93. The second-order valence-electron chi connectivity index (χ2n) is 7.05. The van der Waals surface area contributed by atoms with E-state index in [1.807, 2.05) is 7.11 Å². The van der Waals surface area contributed by atoms with E-state index in [9.17, 15) is 0 Å². The molecule has 1 heterocycles. The van der Waals surface area contributed by atoms with Gasteiger partial charge in [-0.2, -0.15) is 0 Å². The second-order valence-corrected chi connectivity index (χ2v) is 10.5. The van der Waals surface area contributed by atoms with Gasteiger partial charge in [0, 0.05) is 15.9 Å². The van der Waals surface area contributed by atoms with E-state index in [-0.39, 0.29) is 8.80 Å². The van der Waals surface area contributed by atoms with Crippen LogP contribution in [0, 0.1) is 11.8 Å². The van der Waals surface area contributed by atoms with Gasteiger partial charge in [-0.15, -0.1) is 0 Å². The zero-order valence-electron chi connectivity index (χ0n) is 13.2. The quantitative estimate of drug-likeness (QED) is 0.491. The molecule has 0 amide bonds. The zero-order valence-corrected chi connectivity index (χ0v) is 14.4. The first-order valence-corrected chi connectivity index (χ1v) is 11.3. The Labute approximate surface area is 122 Å². The molecule has 0 atom stereocenters. The number of hydrogen-bond acceptors (Lipinski definition) is 1. The Hall–Kier alpha value is 0.177. The van der Waals surface area contributed by atoms with Gasteiger partial charge >= 0.3 is 0 Å². The Morgan fingerprint density at radius 3 is 2.11 bits per heavy atom. The van der Waals surface area contributed by atoms with Gasteiger partial charge in [0.15, 0.2) is 0 Å². The molecule has 1 nitrogen and oxygen atoms in total. The van der Waals surface area contributed by atoms with Crippen molar-refractivity contribution in [1.29, 1.82) is 0 Å². The summed E-state index contributed by atoms with van der Waals surface area (Å²) in [6.45, 7) is 2.33. The van der Waals surface area contributed by atoms with Crippen LogP contribution < -0.4 is 0 Å². The first kappa shape index (κ1) is 15.6. The van der Waals surface area contributed by atoms with Crippen molar-refractivity contribution < 1.29 is 4.74 Å². The Balaban J connectivity index is 1.63. The largest absolute Gasteiger partial charge is 0.381 e. The highest BCUT2D eigenvalue weighted by Gasteiger charge is 2.30. The number of methoxy groups -OCH3 is 1. The summed E-state index contributed by atoms with van der Waals surface area (Å²) in [5.41, 5.74) is 0. The molecule has 0 radical (unpaired) electrons. The maximum absolute atomic E-state index is 5.51. The minimum absolute atomic E-state index is 0.294. The van der Waals surface area contributed by atoms with Crippen LogP contribution in [0.1, 0.15) is 64.7 Å². The van der Waals surface area contributed by atoms with Crippen molar-refractivity contribution >= 4 is 8.80 Å². The fraction of sp³-hybridized carbons (Fsp3) is 1.00. The predicted molar refractivity (Wildman–Crippen MR) is 86.6 cm³/mol. The van der Waals surface area contributed by atoms with Gasteiger partial charge in [-0.05, 0) is 37.5 Å². The van der Waals surface area contributed by atoms with Crippen LogP contribution in [0.2, 0.25) is 18.1 Å². The summed E-state index contributed by atoms with van der Waals surface area (Å²) in [5.74, 6) is 2.14. The van der Waals surface area contributed by atoms with Crippen molar-refractivity contribution in [3.05, 3.63) is 0 Å². The minimum atomic E-state index is -0.294. The summed E-state index contributed by atoms with van der Waals surface area (Å²) < 4.78 is 5.51. The molecule has 0 aromatic carbocycles. The van der Waals surface area contributed by atoms with Gasteiger partial charge in [-0.3, -0.25) is 0 Å². The number of unbranched alkanes of at least 4 members (excludes halogenated alkanes) is 2. The molecule has 1 saturated heterocycles. The van der Waals surface area contributed by atoms with Crippen molar-refractivity contribution in [3.8, 4) is 0 Å². The molecular formula is C17H34OSi. The number of hydrogen-bond donors (Lipinski definition) is 0. The van der Waals surface area contributed by atoms with Crippen LogP contribution in [0.3, 0.4) is 0 Å². The summed E-state index contributed by atoms with van der Waals surface area (Å²) in [4.78, 5) is 0. The fourth-order valence-electron chi connectivity index (χ4n) is 4.43. The molecule has 1 aliphatic heterocycles. The van der Waals surface area contributed by atoms with Gasteiger partial charge in [0.2, 0.25) is 0 Å². The lowest BCUT2D eigenvalue weighted by molar-refractivity contribution is 0.0449. The smallest absolute Gasteiger partial charge is 0.0571 e. The molecule has 2 rings (SSSR count). The molecule has 19 heavy (non-hydrogen) atoms. The lowest BCUT2D eigenvalue weighted by Crippen LogP contribution is -2.30. The second kappa shape index (κ2) is 8.46. The number of ether oxygens (including phenoxy) is 1. The van der Waals surface area contributed by atoms with Gasteiger partial charge in [0.1, 0.15) is 0 Å².